The van der Waals surface area contributed by atoms with Gasteiger partial charge in [0.15, 0.2) is 5.60 Å². The third-order valence-corrected chi connectivity index (χ3v) is 7.81. The molecule has 1 saturated heterocycles. The first-order valence-electron chi connectivity index (χ1n) is 11.4. The standard InChI is InChI=1S/C26H26FN3O5S/c1-35-24-16-29(15-22(24)27)19-10-6-17(7-11-19)14-30-23-5-3-2-4-21(23)26(32,25(30)31)18-8-12-20(13-9-18)36(28,33)34/h2-13,22,24,32H,14-16H2,1H3,(H2,28,33,34)/t22-,24+,26?/m0/s1. The van der Waals surface area contributed by atoms with Crippen LogP contribution in [0.15, 0.2) is 77.7 Å². The van der Waals surface area contributed by atoms with Gasteiger partial charge in [0.25, 0.3) is 5.91 Å². The molecule has 0 bridgehead atoms. The van der Waals surface area contributed by atoms with E-state index in [1.807, 2.05) is 29.2 Å². The second-order valence-corrected chi connectivity index (χ2v) is 10.6. The first-order chi connectivity index (χ1) is 17.1. The number of para-hydroxylation sites is 1. The fourth-order valence-corrected chi connectivity index (χ4v) is 5.43. The molecule has 0 radical (unpaired) electrons. The molecular weight excluding hydrogens is 485 g/mol. The van der Waals surface area contributed by atoms with Crippen LogP contribution in [0.3, 0.4) is 0 Å². The second-order valence-electron chi connectivity index (χ2n) is 9.05. The fraction of sp³-hybridized carbons (Fsp3) is 0.269. The molecule has 2 aliphatic heterocycles. The number of anilines is 2. The summed E-state index contributed by atoms with van der Waals surface area (Å²) in [5.41, 5.74) is 0.927. The summed E-state index contributed by atoms with van der Waals surface area (Å²) in [6.45, 7) is 0.930. The average molecular weight is 512 g/mol. The van der Waals surface area contributed by atoms with Crippen LogP contribution in [0.2, 0.25) is 0 Å². The van der Waals surface area contributed by atoms with Gasteiger partial charge in [-0.1, -0.05) is 42.5 Å². The van der Waals surface area contributed by atoms with Crippen LogP contribution in [0, 0.1) is 0 Å². The first-order valence-corrected chi connectivity index (χ1v) is 13.0. The van der Waals surface area contributed by atoms with Gasteiger partial charge in [0.05, 0.1) is 23.7 Å². The van der Waals surface area contributed by atoms with Crippen LogP contribution < -0.4 is 14.9 Å². The number of aliphatic hydroxyl groups is 1. The number of nitrogens with two attached hydrogens (primary N) is 1. The minimum atomic E-state index is -3.91. The number of fused-ring (bicyclic) bond motifs is 1. The van der Waals surface area contributed by atoms with Gasteiger partial charge in [-0.2, -0.15) is 0 Å². The molecule has 5 rings (SSSR count). The van der Waals surface area contributed by atoms with Gasteiger partial charge in [-0.25, -0.2) is 17.9 Å². The van der Waals surface area contributed by atoms with Gasteiger partial charge in [0, 0.05) is 24.9 Å². The number of amides is 1. The number of hydrogen-bond acceptors (Lipinski definition) is 6. The topological polar surface area (TPSA) is 113 Å². The molecule has 2 heterocycles. The lowest BCUT2D eigenvalue weighted by atomic mass is 9.87. The monoisotopic (exact) mass is 511 g/mol. The third-order valence-electron chi connectivity index (χ3n) is 6.88. The highest BCUT2D eigenvalue weighted by molar-refractivity contribution is 7.89. The molecule has 188 valence electrons. The Kier molecular flexibility index (Phi) is 6.08. The Labute approximate surface area is 208 Å². The van der Waals surface area contributed by atoms with Gasteiger partial charge in [0.1, 0.15) is 12.3 Å². The molecule has 3 N–H and O–H groups in total. The van der Waals surface area contributed by atoms with E-state index < -0.39 is 33.8 Å². The Balaban J connectivity index is 1.42. The van der Waals surface area contributed by atoms with Gasteiger partial charge in [-0.3, -0.25) is 4.79 Å². The average Bonchev–Trinajstić information content (AvgIpc) is 3.35. The number of alkyl halides is 1. The lowest BCUT2D eigenvalue weighted by Crippen LogP contribution is -2.40. The summed E-state index contributed by atoms with van der Waals surface area (Å²) in [4.78, 5) is 16.9. The predicted octanol–water partition coefficient (Wildman–Crippen LogP) is 2.29. The molecule has 3 aromatic rings. The molecule has 3 atom stereocenters. The van der Waals surface area contributed by atoms with E-state index >= 15 is 0 Å². The zero-order valence-electron chi connectivity index (χ0n) is 19.5. The Hall–Kier alpha value is -3.31. The van der Waals surface area contributed by atoms with Crippen molar-refractivity contribution in [2.75, 3.05) is 30.0 Å². The van der Waals surface area contributed by atoms with Crippen LogP contribution in [0.1, 0.15) is 16.7 Å². The summed E-state index contributed by atoms with van der Waals surface area (Å²) < 4.78 is 42.5. The van der Waals surface area contributed by atoms with Gasteiger partial charge in [0.2, 0.25) is 10.0 Å². The van der Waals surface area contributed by atoms with Gasteiger partial charge >= 0.3 is 0 Å². The predicted molar refractivity (Wildman–Crippen MR) is 133 cm³/mol. The zero-order chi connectivity index (χ0) is 25.7. The van der Waals surface area contributed by atoms with E-state index in [9.17, 15) is 22.7 Å². The maximum atomic E-state index is 14.1. The van der Waals surface area contributed by atoms with E-state index in [0.29, 0.717) is 17.8 Å². The van der Waals surface area contributed by atoms with Crippen molar-refractivity contribution in [1.82, 2.24) is 0 Å². The van der Waals surface area contributed by atoms with Crippen molar-refractivity contribution in [3.8, 4) is 0 Å². The molecule has 2 aliphatic rings. The minimum Gasteiger partial charge on any atom is -0.377 e. The molecule has 0 aromatic heterocycles. The summed E-state index contributed by atoms with van der Waals surface area (Å²) in [5, 5.41) is 16.8. The summed E-state index contributed by atoms with van der Waals surface area (Å²) in [7, 11) is -2.41. The molecule has 0 aliphatic carbocycles. The lowest BCUT2D eigenvalue weighted by molar-refractivity contribution is -0.132. The largest absolute Gasteiger partial charge is 0.377 e. The van der Waals surface area contributed by atoms with Crippen molar-refractivity contribution in [2.24, 2.45) is 5.14 Å². The second kappa shape index (κ2) is 8.97. The van der Waals surface area contributed by atoms with E-state index in [-0.39, 0.29) is 23.5 Å². The molecular formula is C26H26FN3O5S. The maximum absolute atomic E-state index is 14.1. The van der Waals surface area contributed by atoms with Crippen molar-refractivity contribution < 1.29 is 27.4 Å². The van der Waals surface area contributed by atoms with Crippen LogP contribution >= 0.6 is 0 Å². The third kappa shape index (κ3) is 4.05. The summed E-state index contributed by atoms with van der Waals surface area (Å²) in [6.07, 6.45) is -1.51. The number of benzene rings is 3. The van der Waals surface area contributed by atoms with Crippen molar-refractivity contribution in [2.45, 2.75) is 29.3 Å². The summed E-state index contributed by atoms with van der Waals surface area (Å²) in [6, 6.07) is 19.8. The molecule has 8 nitrogen and oxygen atoms in total. The van der Waals surface area contributed by atoms with Gasteiger partial charge in [-0.15, -0.1) is 0 Å². The first kappa shape index (κ1) is 24.4. The summed E-state index contributed by atoms with van der Waals surface area (Å²) in [5.74, 6) is -0.543. The molecule has 0 spiro atoms. The number of carbonyl (C=O) groups excluding carboxylic acids is 1. The van der Waals surface area contributed by atoms with E-state index in [1.54, 1.807) is 24.3 Å². The number of hydrogen-bond donors (Lipinski definition) is 2. The van der Waals surface area contributed by atoms with Crippen LogP contribution in [0.4, 0.5) is 15.8 Å². The van der Waals surface area contributed by atoms with Crippen LogP contribution in [0.25, 0.3) is 0 Å². The Morgan fingerprint density at radius 1 is 1.06 bits per heavy atom. The molecule has 1 fully saturated rings. The van der Waals surface area contributed by atoms with E-state index in [4.69, 9.17) is 9.88 Å². The smallest absolute Gasteiger partial charge is 0.268 e. The number of halogens is 1. The number of ether oxygens (including phenoxy) is 1. The number of nitrogens with zero attached hydrogens (tertiary/aromatic N) is 2. The highest BCUT2D eigenvalue weighted by Gasteiger charge is 2.51. The normalized spacial score (nSPS) is 23.8. The quantitative estimate of drug-likeness (QED) is 0.525. The number of carbonyl (C=O) groups is 1. The van der Waals surface area contributed by atoms with Crippen molar-refractivity contribution in [3.63, 3.8) is 0 Å². The molecule has 1 amide bonds. The van der Waals surface area contributed by atoms with E-state index in [1.165, 1.54) is 36.3 Å². The number of rotatable bonds is 6. The highest BCUT2D eigenvalue weighted by Crippen LogP contribution is 2.45. The van der Waals surface area contributed by atoms with Crippen molar-refractivity contribution >= 4 is 27.3 Å². The fourth-order valence-electron chi connectivity index (χ4n) is 4.92. The van der Waals surface area contributed by atoms with Gasteiger partial charge in [-0.05, 0) is 41.5 Å². The van der Waals surface area contributed by atoms with E-state index in [2.05, 4.69) is 0 Å². The number of methoxy groups -OCH3 is 1. The Bertz CT molecular complexity index is 1400. The van der Waals surface area contributed by atoms with Gasteiger partial charge < -0.3 is 19.6 Å². The van der Waals surface area contributed by atoms with Crippen molar-refractivity contribution in [3.05, 3.63) is 89.5 Å². The maximum Gasteiger partial charge on any atom is 0.268 e. The Morgan fingerprint density at radius 3 is 2.33 bits per heavy atom. The molecule has 1 unspecified atom stereocenters. The Morgan fingerprint density at radius 2 is 1.72 bits per heavy atom. The van der Waals surface area contributed by atoms with Crippen LogP contribution in [0.5, 0.6) is 0 Å². The molecule has 10 heteroatoms. The number of primary sulfonamides is 1. The van der Waals surface area contributed by atoms with Crippen LogP contribution in [-0.4, -0.2) is 51.9 Å². The summed E-state index contributed by atoms with van der Waals surface area (Å²) >= 11 is 0. The SMILES string of the molecule is CO[C@@H]1CN(c2ccc(CN3C(=O)C(O)(c4ccc(S(N)(=O)=O)cc4)c4ccccc43)cc2)C[C@@H]1F. The van der Waals surface area contributed by atoms with Crippen molar-refractivity contribution in [1.29, 1.82) is 0 Å². The zero-order valence-corrected chi connectivity index (χ0v) is 20.4. The molecule has 3 aromatic carbocycles. The number of sulfonamides is 1. The molecule has 36 heavy (non-hydrogen) atoms. The lowest BCUT2D eigenvalue weighted by Gasteiger charge is -2.24. The highest BCUT2D eigenvalue weighted by atomic mass is 32.2. The molecule has 0 saturated carbocycles. The van der Waals surface area contributed by atoms with E-state index in [0.717, 1.165) is 11.3 Å². The minimum absolute atomic E-state index is 0.112. The van der Waals surface area contributed by atoms with Crippen LogP contribution in [-0.2, 0) is 31.7 Å².